The number of rotatable bonds is 8. The smallest absolute Gasteiger partial charge is 0.264 e. The highest BCUT2D eigenvalue weighted by Gasteiger charge is 2.22. The third kappa shape index (κ3) is 6.52. The van der Waals surface area contributed by atoms with E-state index in [-0.39, 0.29) is 29.1 Å². The summed E-state index contributed by atoms with van der Waals surface area (Å²) in [7, 11) is -4.22. The lowest BCUT2D eigenvalue weighted by atomic mass is 9.96. The van der Waals surface area contributed by atoms with E-state index in [9.17, 15) is 17.6 Å². The van der Waals surface area contributed by atoms with Crippen LogP contribution in [0.2, 0.25) is 5.02 Å². The summed E-state index contributed by atoms with van der Waals surface area (Å²) in [5.41, 5.74) is -0.0269. The van der Waals surface area contributed by atoms with Crippen LogP contribution in [0.5, 0.6) is 0 Å². The Hall–Kier alpha value is -2.98. The second-order valence-electron chi connectivity index (χ2n) is 8.39. The number of hydrogen-bond donors (Lipinski definition) is 2. The number of nitrogens with zero attached hydrogens (tertiary/aromatic N) is 2. The first-order valence-corrected chi connectivity index (χ1v) is 12.0. The van der Waals surface area contributed by atoms with Crippen LogP contribution >= 0.6 is 11.6 Å². The van der Waals surface area contributed by atoms with E-state index < -0.39 is 20.7 Å². The molecule has 0 aliphatic heterocycles. The molecular weight excluding hydrogens is 471 g/mol. The molecule has 3 aromatic rings. The normalized spacial score (nSPS) is 11.9. The van der Waals surface area contributed by atoms with Gasteiger partial charge in [0.05, 0.1) is 11.4 Å². The number of nitrogens with one attached hydrogen (secondary N) is 2. The number of anilines is 2. The molecule has 0 spiro atoms. The Balaban J connectivity index is 1.66. The van der Waals surface area contributed by atoms with E-state index in [0.717, 1.165) is 12.1 Å². The van der Waals surface area contributed by atoms with Crippen LogP contribution in [-0.4, -0.2) is 24.5 Å². The average Bonchev–Trinajstić information content (AvgIpc) is 3.20. The molecule has 0 unspecified atom stereocenters. The zero-order chi connectivity index (χ0) is 24.2. The molecule has 3 rings (SSSR count). The van der Waals surface area contributed by atoms with Crippen LogP contribution in [0.3, 0.4) is 0 Å². The quantitative estimate of drug-likeness (QED) is 0.459. The van der Waals surface area contributed by atoms with E-state index in [2.05, 4.69) is 20.2 Å². The maximum atomic E-state index is 14.0. The van der Waals surface area contributed by atoms with Crippen molar-refractivity contribution in [2.45, 2.75) is 50.3 Å². The second kappa shape index (κ2) is 9.88. The molecule has 2 N–H and O–H groups in total. The Morgan fingerprint density at radius 1 is 1.15 bits per heavy atom. The van der Waals surface area contributed by atoms with Gasteiger partial charge in [0.15, 0.2) is 5.82 Å². The number of carbonyl (C=O) groups excluding carboxylic acids is 1. The molecule has 1 amide bonds. The zero-order valence-corrected chi connectivity index (χ0v) is 19.9. The molecule has 0 aliphatic carbocycles. The number of aromatic nitrogens is 2. The first-order chi connectivity index (χ1) is 15.5. The van der Waals surface area contributed by atoms with Gasteiger partial charge in [-0.25, -0.2) is 12.8 Å². The van der Waals surface area contributed by atoms with Crippen molar-refractivity contribution in [1.82, 2.24) is 10.1 Å². The molecule has 0 saturated heterocycles. The van der Waals surface area contributed by atoms with E-state index >= 15 is 0 Å². The Kier molecular flexibility index (Phi) is 7.38. The van der Waals surface area contributed by atoms with Crippen LogP contribution < -0.4 is 10.0 Å². The number of sulfonamides is 1. The topological polar surface area (TPSA) is 114 Å². The highest BCUT2D eigenvalue weighted by Crippen LogP contribution is 2.29. The summed E-state index contributed by atoms with van der Waals surface area (Å²) in [6.45, 7) is 5.91. The lowest BCUT2D eigenvalue weighted by molar-refractivity contribution is -0.116. The number of amides is 1. The first-order valence-electron chi connectivity index (χ1n) is 10.2. The number of halogens is 2. The molecular formula is C22H24ClFN4O4S. The largest absolute Gasteiger partial charge is 0.339 e. The Morgan fingerprint density at radius 3 is 2.55 bits per heavy atom. The van der Waals surface area contributed by atoms with Gasteiger partial charge < -0.3 is 9.84 Å². The lowest BCUT2D eigenvalue weighted by Crippen LogP contribution is -2.18. The first kappa shape index (κ1) is 24.7. The van der Waals surface area contributed by atoms with Gasteiger partial charge in [0.25, 0.3) is 10.0 Å². The van der Waals surface area contributed by atoms with E-state index in [1.165, 1.54) is 30.3 Å². The van der Waals surface area contributed by atoms with Gasteiger partial charge in [-0.3, -0.25) is 9.52 Å². The van der Waals surface area contributed by atoms with Crippen LogP contribution in [-0.2, 0) is 26.7 Å². The monoisotopic (exact) mass is 494 g/mol. The Labute approximate surface area is 196 Å². The summed E-state index contributed by atoms with van der Waals surface area (Å²) >= 11 is 6.02. The Bertz CT molecular complexity index is 1260. The molecule has 0 saturated carbocycles. The molecule has 11 heteroatoms. The minimum atomic E-state index is -4.22. The highest BCUT2D eigenvalue weighted by atomic mass is 35.5. The maximum Gasteiger partial charge on any atom is 0.264 e. The predicted molar refractivity (Wildman–Crippen MR) is 123 cm³/mol. The van der Waals surface area contributed by atoms with Crippen molar-refractivity contribution < 1.29 is 22.1 Å². The minimum absolute atomic E-state index is 0.0581. The van der Waals surface area contributed by atoms with Crippen molar-refractivity contribution in [2.24, 2.45) is 0 Å². The summed E-state index contributed by atoms with van der Waals surface area (Å²) in [5.74, 6) is -0.221. The number of aryl methyl sites for hydroxylation is 1. The van der Waals surface area contributed by atoms with Gasteiger partial charge in [-0.15, -0.1) is 0 Å². The molecule has 2 aromatic carbocycles. The van der Waals surface area contributed by atoms with Crippen LogP contribution in [0, 0.1) is 5.82 Å². The van der Waals surface area contributed by atoms with E-state index in [0.29, 0.717) is 29.6 Å². The fourth-order valence-corrected chi connectivity index (χ4v) is 4.18. The molecule has 0 atom stereocenters. The van der Waals surface area contributed by atoms with Crippen LogP contribution in [0.15, 0.2) is 51.9 Å². The predicted octanol–water partition coefficient (Wildman–Crippen LogP) is 4.92. The molecule has 0 radical (unpaired) electrons. The molecule has 8 nitrogen and oxygen atoms in total. The van der Waals surface area contributed by atoms with Crippen molar-refractivity contribution in [3.63, 3.8) is 0 Å². The van der Waals surface area contributed by atoms with Gasteiger partial charge in [0, 0.05) is 23.3 Å². The van der Waals surface area contributed by atoms with Crippen molar-refractivity contribution in [2.75, 3.05) is 10.0 Å². The molecule has 0 bridgehead atoms. The third-order valence-corrected chi connectivity index (χ3v) is 6.19. The van der Waals surface area contributed by atoms with Crippen molar-refractivity contribution >= 4 is 38.9 Å². The fourth-order valence-electron chi connectivity index (χ4n) is 2.85. The highest BCUT2D eigenvalue weighted by molar-refractivity contribution is 7.92. The number of benzene rings is 2. The molecule has 0 aliphatic rings. The summed E-state index contributed by atoms with van der Waals surface area (Å²) in [4.78, 5) is 16.3. The van der Waals surface area contributed by atoms with Gasteiger partial charge in [-0.05, 0) is 36.8 Å². The van der Waals surface area contributed by atoms with Gasteiger partial charge in [0.1, 0.15) is 10.7 Å². The van der Waals surface area contributed by atoms with Crippen molar-refractivity contribution in [1.29, 1.82) is 0 Å². The molecule has 0 fully saturated rings. The van der Waals surface area contributed by atoms with Crippen LogP contribution in [0.4, 0.5) is 15.8 Å². The average molecular weight is 495 g/mol. The van der Waals surface area contributed by atoms with Crippen LogP contribution in [0.1, 0.15) is 45.3 Å². The van der Waals surface area contributed by atoms with Crippen LogP contribution in [0.25, 0.3) is 0 Å². The van der Waals surface area contributed by atoms with E-state index in [4.69, 9.17) is 16.1 Å². The summed E-state index contributed by atoms with van der Waals surface area (Å²) in [6.07, 6.45) is 0.979. The number of carbonyl (C=O) groups is 1. The van der Waals surface area contributed by atoms with Gasteiger partial charge in [-0.2, -0.15) is 4.98 Å². The van der Waals surface area contributed by atoms with Crippen molar-refractivity contribution in [3.8, 4) is 0 Å². The SMILES string of the molecule is CC(C)(C)c1noc(CCCC(=O)Nc2cc(Cl)ccc2NS(=O)(=O)c2ccccc2F)n1. The van der Waals surface area contributed by atoms with E-state index in [1.807, 2.05) is 20.8 Å². The molecule has 1 aromatic heterocycles. The van der Waals surface area contributed by atoms with Gasteiger partial charge >= 0.3 is 0 Å². The molecule has 1 heterocycles. The van der Waals surface area contributed by atoms with Gasteiger partial charge in [-0.1, -0.05) is 49.7 Å². The van der Waals surface area contributed by atoms with Gasteiger partial charge in [0.2, 0.25) is 11.8 Å². The molecule has 176 valence electrons. The van der Waals surface area contributed by atoms with Crippen molar-refractivity contribution in [3.05, 3.63) is 65.0 Å². The maximum absolute atomic E-state index is 14.0. The number of hydrogen-bond acceptors (Lipinski definition) is 6. The standard InChI is InChI=1S/C22H24ClFN4O4S/c1-22(2,3)21-26-20(32-27-21)10-6-9-19(29)25-17-13-14(23)11-12-16(17)28-33(30,31)18-8-5-4-7-15(18)24/h4-5,7-8,11-13,28H,6,9-10H2,1-3H3,(H,25,29). The summed E-state index contributed by atoms with van der Waals surface area (Å²) in [6, 6.07) is 9.26. The Morgan fingerprint density at radius 2 is 1.88 bits per heavy atom. The fraction of sp³-hybridized carbons (Fsp3) is 0.318. The summed E-state index contributed by atoms with van der Waals surface area (Å²) in [5, 5.41) is 6.88. The lowest BCUT2D eigenvalue weighted by Gasteiger charge is -2.14. The third-order valence-electron chi connectivity index (χ3n) is 4.56. The molecule has 33 heavy (non-hydrogen) atoms. The van der Waals surface area contributed by atoms with E-state index in [1.54, 1.807) is 0 Å². The zero-order valence-electron chi connectivity index (χ0n) is 18.4. The second-order valence-corrected chi connectivity index (χ2v) is 10.5. The minimum Gasteiger partial charge on any atom is -0.339 e. The summed E-state index contributed by atoms with van der Waals surface area (Å²) < 4.78 is 46.8.